The number of nitrogens with two attached hydrogens (primary N) is 1. The first-order chi connectivity index (χ1) is 10.9. The van der Waals surface area contributed by atoms with Crippen molar-refractivity contribution in [3.8, 4) is 0 Å². The Morgan fingerprint density at radius 1 is 1.30 bits per heavy atom. The topological polar surface area (TPSA) is 55.0 Å². The normalized spacial score (nSPS) is 20.8. The van der Waals surface area contributed by atoms with Gasteiger partial charge in [-0.05, 0) is 51.4 Å². The third-order valence-electron chi connectivity index (χ3n) is 5.01. The van der Waals surface area contributed by atoms with E-state index in [4.69, 9.17) is 5.73 Å². The van der Waals surface area contributed by atoms with Crippen LogP contribution in [0.3, 0.4) is 0 Å². The fourth-order valence-corrected chi connectivity index (χ4v) is 3.54. The van der Waals surface area contributed by atoms with Crippen LogP contribution in [0.25, 0.3) is 0 Å². The van der Waals surface area contributed by atoms with E-state index >= 15 is 0 Å². The Morgan fingerprint density at radius 3 is 2.65 bits per heavy atom. The zero-order chi connectivity index (χ0) is 16.6. The lowest BCUT2D eigenvalue weighted by Crippen LogP contribution is -2.41. The molecule has 1 aliphatic heterocycles. The van der Waals surface area contributed by atoms with Gasteiger partial charge in [0.15, 0.2) is 0 Å². The summed E-state index contributed by atoms with van der Waals surface area (Å²) in [6, 6.07) is 6.88. The highest BCUT2D eigenvalue weighted by molar-refractivity contribution is 5.38. The molecule has 1 aromatic heterocycles. The zero-order valence-electron chi connectivity index (χ0n) is 13.9. The van der Waals surface area contributed by atoms with Crippen LogP contribution in [-0.2, 0) is 6.54 Å². The molecule has 3 rings (SSSR count). The molecule has 5 heteroatoms. The van der Waals surface area contributed by atoms with Crippen LogP contribution in [0.2, 0.25) is 0 Å². The van der Waals surface area contributed by atoms with Crippen LogP contribution in [0.4, 0.5) is 10.2 Å². The number of hydrogen-bond donors (Lipinski definition) is 1. The first kappa shape index (κ1) is 15.9. The maximum atomic E-state index is 13.2. The number of rotatable bonds is 3. The van der Waals surface area contributed by atoms with Gasteiger partial charge in [-0.1, -0.05) is 12.1 Å². The molecular weight excluding hydrogens is 291 g/mol. The number of benzene rings is 1. The largest absolute Gasteiger partial charge is 0.383 e. The van der Waals surface area contributed by atoms with Crippen LogP contribution < -0.4 is 5.73 Å². The van der Waals surface area contributed by atoms with Crippen molar-refractivity contribution in [1.29, 1.82) is 0 Å². The fourth-order valence-electron chi connectivity index (χ4n) is 3.54. The molecule has 0 aliphatic carbocycles. The molecule has 1 aliphatic rings. The highest BCUT2D eigenvalue weighted by Crippen LogP contribution is 2.42. The van der Waals surface area contributed by atoms with Gasteiger partial charge in [0.1, 0.15) is 17.5 Å². The van der Waals surface area contributed by atoms with Gasteiger partial charge < -0.3 is 5.73 Å². The van der Waals surface area contributed by atoms with Crippen molar-refractivity contribution < 1.29 is 4.39 Å². The Bertz CT molecular complexity index is 697. The Kier molecular flexibility index (Phi) is 4.06. The minimum Gasteiger partial charge on any atom is -0.383 e. The van der Waals surface area contributed by atoms with E-state index in [2.05, 4.69) is 28.7 Å². The van der Waals surface area contributed by atoms with E-state index in [9.17, 15) is 4.39 Å². The summed E-state index contributed by atoms with van der Waals surface area (Å²) in [6.45, 7) is 8.02. The molecule has 122 valence electrons. The van der Waals surface area contributed by atoms with Crippen molar-refractivity contribution in [1.82, 2.24) is 14.9 Å². The van der Waals surface area contributed by atoms with Crippen molar-refractivity contribution in [3.63, 3.8) is 0 Å². The van der Waals surface area contributed by atoms with Crippen LogP contribution in [0, 0.1) is 12.7 Å². The molecule has 1 unspecified atom stereocenters. The lowest BCUT2D eigenvalue weighted by atomic mass is 9.82. The van der Waals surface area contributed by atoms with E-state index in [1.165, 1.54) is 5.56 Å². The molecule has 1 aromatic carbocycles. The van der Waals surface area contributed by atoms with E-state index < -0.39 is 0 Å². The van der Waals surface area contributed by atoms with Gasteiger partial charge in [-0.2, -0.15) is 0 Å². The molecule has 4 nitrogen and oxygen atoms in total. The van der Waals surface area contributed by atoms with Gasteiger partial charge in [-0.3, -0.25) is 4.90 Å². The van der Waals surface area contributed by atoms with Crippen LogP contribution in [0.1, 0.15) is 43.1 Å². The van der Waals surface area contributed by atoms with Gasteiger partial charge >= 0.3 is 0 Å². The fraction of sp³-hybridized carbons (Fsp3) is 0.444. The Balaban J connectivity index is 1.81. The second kappa shape index (κ2) is 5.89. The molecule has 1 saturated heterocycles. The Labute approximate surface area is 136 Å². The number of aromatic nitrogens is 2. The maximum absolute atomic E-state index is 13.2. The predicted octanol–water partition coefficient (Wildman–Crippen LogP) is 3.27. The molecule has 2 aromatic rings. The van der Waals surface area contributed by atoms with Gasteiger partial charge in [-0.15, -0.1) is 0 Å². The molecule has 1 atom stereocenters. The monoisotopic (exact) mass is 314 g/mol. The summed E-state index contributed by atoms with van der Waals surface area (Å²) >= 11 is 0. The second-order valence-electron chi connectivity index (χ2n) is 6.80. The van der Waals surface area contributed by atoms with Crippen molar-refractivity contribution in [3.05, 3.63) is 53.2 Å². The first-order valence-corrected chi connectivity index (χ1v) is 7.96. The number of aryl methyl sites for hydroxylation is 1. The van der Waals surface area contributed by atoms with Gasteiger partial charge in [-0.25, -0.2) is 14.4 Å². The Hall–Kier alpha value is -2.01. The molecule has 2 heterocycles. The second-order valence-corrected chi connectivity index (χ2v) is 6.80. The molecule has 0 radical (unpaired) electrons. The minimum atomic E-state index is -0.189. The number of likely N-dealkylation sites (tertiary alicyclic amines) is 1. The summed E-state index contributed by atoms with van der Waals surface area (Å²) < 4.78 is 13.2. The van der Waals surface area contributed by atoms with Gasteiger partial charge in [0, 0.05) is 29.8 Å². The molecule has 1 fully saturated rings. The standard InChI is InChI=1S/C18H23FN4/c1-12-21-10-14(17(20)22-12)11-23-9-8-16(18(23,2)3)13-4-6-15(19)7-5-13/h4-7,10,16H,8-9,11H2,1-3H3,(H2,20,21,22). The molecule has 0 amide bonds. The Morgan fingerprint density at radius 2 is 2.00 bits per heavy atom. The van der Waals surface area contributed by atoms with Crippen molar-refractivity contribution in [2.45, 2.75) is 45.2 Å². The highest BCUT2D eigenvalue weighted by Gasteiger charge is 2.41. The van der Waals surface area contributed by atoms with E-state index in [-0.39, 0.29) is 11.4 Å². The van der Waals surface area contributed by atoms with Crippen molar-refractivity contribution in [2.24, 2.45) is 0 Å². The lowest BCUT2D eigenvalue weighted by molar-refractivity contribution is 0.153. The predicted molar refractivity (Wildman–Crippen MR) is 89.4 cm³/mol. The minimum absolute atomic E-state index is 0.0326. The van der Waals surface area contributed by atoms with Crippen LogP contribution in [-0.4, -0.2) is 27.0 Å². The number of nitrogen functional groups attached to an aromatic ring is 1. The van der Waals surface area contributed by atoms with Crippen LogP contribution >= 0.6 is 0 Å². The summed E-state index contributed by atoms with van der Waals surface area (Å²) in [5.41, 5.74) is 8.15. The third-order valence-corrected chi connectivity index (χ3v) is 5.01. The van der Waals surface area contributed by atoms with Crippen molar-refractivity contribution >= 4 is 5.82 Å². The van der Waals surface area contributed by atoms with E-state index in [0.717, 1.165) is 25.1 Å². The summed E-state index contributed by atoms with van der Waals surface area (Å²) in [5.74, 6) is 1.43. The average molecular weight is 314 g/mol. The van der Waals surface area contributed by atoms with Crippen LogP contribution in [0.5, 0.6) is 0 Å². The maximum Gasteiger partial charge on any atom is 0.131 e. The number of halogens is 1. The van der Waals surface area contributed by atoms with Crippen molar-refractivity contribution in [2.75, 3.05) is 12.3 Å². The third kappa shape index (κ3) is 3.06. The highest BCUT2D eigenvalue weighted by atomic mass is 19.1. The van der Waals surface area contributed by atoms with Crippen LogP contribution in [0.15, 0.2) is 30.5 Å². The van der Waals surface area contributed by atoms with Gasteiger partial charge in [0.25, 0.3) is 0 Å². The van der Waals surface area contributed by atoms with Gasteiger partial charge in [0.2, 0.25) is 0 Å². The van der Waals surface area contributed by atoms with E-state index in [1.54, 1.807) is 12.1 Å². The van der Waals surface area contributed by atoms with Gasteiger partial charge in [0.05, 0.1) is 0 Å². The smallest absolute Gasteiger partial charge is 0.131 e. The molecule has 0 bridgehead atoms. The summed E-state index contributed by atoms with van der Waals surface area (Å²) in [4.78, 5) is 10.9. The molecule has 23 heavy (non-hydrogen) atoms. The van der Waals surface area contributed by atoms with E-state index in [0.29, 0.717) is 17.6 Å². The molecule has 0 spiro atoms. The molecule has 2 N–H and O–H groups in total. The summed E-state index contributed by atoms with van der Waals surface area (Å²) in [7, 11) is 0. The number of hydrogen-bond acceptors (Lipinski definition) is 4. The molecular formula is C18H23FN4. The summed E-state index contributed by atoms with van der Waals surface area (Å²) in [5, 5.41) is 0. The SMILES string of the molecule is Cc1ncc(CN2CCC(c3ccc(F)cc3)C2(C)C)c(N)n1. The quantitative estimate of drug-likeness (QED) is 0.944. The first-order valence-electron chi connectivity index (χ1n) is 7.96. The zero-order valence-corrected chi connectivity index (χ0v) is 13.9. The lowest BCUT2D eigenvalue weighted by Gasteiger charge is -2.36. The summed E-state index contributed by atoms with van der Waals surface area (Å²) in [6.07, 6.45) is 2.87. The number of nitrogens with zero attached hydrogens (tertiary/aromatic N) is 3. The van der Waals surface area contributed by atoms with E-state index in [1.807, 2.05) is 25.3 Å². The molecule has 0 saturated carbocycles. The average Bonchev–Trinajstić information content (AvgIpc) is 2.78. The number of anilines is 1.